The van der Waals surface area contributed by atoms with Crippen molar-refractivity contribution in [3.8, 4) is 11.5 Å². The van der Waals surface area contributed by atoms with E-state index in [2.05, 4.69) is 26.3 Å². The van der Waals surface area contributed by atoms with Gasteiger partial charge in [-0.3, -0.25) is 0 Å². The van der Waals surface area contributed by atoms with E-state index in [4.69, 9.17) is 28.4 Å². The summed E-state index contributed by atoms with van der Waals surface area (Å²) in [6, 6.07) is 37.8. The van der Waals surface area contributed by atoms with Crippen LogP contribution in [0.4, 0.5) is 0 Å². The van der Waals surface area contributed by atoms with E-state index in [1.54, 1.807) is 13.8 Å². The van der Waals surface area contributed by atoms with Crippen LogP contribution in [0, 0.1) is 0 Å². The van der Waals surface area contributed by atoms with Crippen molar-refractivity contribution >= 4 is 23.9 Å². The molecule has 4 aromatic carbocycles. The highest BCUT2D eigenvalue weighted by Crippen LogP contribution is 2.09. The monoisotopic (exact) mass is 736 g/mol. The maximum atomic E-state index is 11.0. The Morgan fingerprint density at radius 3 is 1.19 bits per heavy atom. The largest absolute Gasteiger partial charge is 0.490 e. The smallest absolute Gasteiger partial charge is 0.333 e. The predicted octanol–water partition coefficient (Wildman–Crippen LogP) is 8.20. The number of hydrogen-bond donors (Lipinski definition) is 0. The molecule has 0 spiro atoms. The minimum Gasteiger partial charge on any atom is -0.490 e. The number of benzene rings is 4. The molecule has 0 N–H and O–H groups in total. The van der Waals surface area contributed by atoms with E-state index in [0.29, 0.717) is 37.6 Å². The Kier molecular flexibility index (Phi) is 24.3. The molecule has 0 radical (unpaired) electrons. The zero-order chi connectivity index (χ0) is 39.8. The van der Waals surface area contributed by atoms with Gasteiger partial charge in [0.15, 0.2) is 0 Å². The molecule has 4 aromatic rings. The first kappa shape index (κ1) is 45.3. The van der Waals surface area contributed by atoms with Gasteiger partial charge in [0.1, 0.15) is 51.1 Å². The van der Waals surface area contributed by atoms with Crippen LogP contribution in [0.5, 0.6) is 11.5 Å². The lowest BCUT2D eigenvalue weighted by molar-refractivity contribution is -0.140. The van der Waals surface area contributed by atoms with Crippen molar-refractivity contribution in [1.82, 2.24) is 0 Å². The molecule has 0 saturated carbocycles. The van der Waals surface area contributed by atoms with Gasteiger partial charge in [-0.15, -0.1) is 0 Å². The molecule has 4 rings (SSSR count). The molecule has 0 unspecified atom stereocenters. The average molecular weight is 737 g/mol. The quantitative estimate of drug-likeness (QED) is 0.0481. The SMILES string of the molecule is C=C(C)C(=O)OCCOc1ccccc1.C=C(C)C(=O)OCc1ccccc1.C=CC(=O)OCCOc1ccccc1.C=CC(=O)OCc1ccccc1. The number of carbonyl (C=O) groups excluding carboxylic acids is 4. The maximum Gasteiger partial charge on any atom is 0.333 e. The minimum atomic E-state index is -0.429. The molecule has 54 heavy (non-hydrogen) atoms. The van der Waals surface area contributed by atoms with Gasteiger partial charge in [-0.1, -0.05) is 123 Å². The van der Waals surface area contributed by atoms with E-state index in [1.807, 2.05) is 121 Å². The van der Waals surface area contributed by atoms with Crippen LogP contribution < -0.4 is 9.47 Å². The van der Waals surface area contributed by atoms with Gasteiger partial charge in [-0.2, -0.15) is 0 Å². The Hall–Kier alpha value is -6.68. The second-order valence-corrected chi connectivity index (χ2v) is 10.8. The molecule has 10 heteroatoms. The van der Waals surface area contributed by atoms with Crippen LogP contribution in [-0.2, 0) is 51.3 Å². The number of para-hydroxylation sites is 2. The Bertz CT molecular complexity index is 1700. The first-order valence-corrected chi connectivity index (χ1v) is 16.7. The summed E-state index contributed by atoms with van der Waals surface area (Å²) in [7, 11) is 0. The van der Waals surface area contributed by atoms with Crippen LogP contribution in [-0.4, -0.2) is 50.3 Å². The van der Waals surface area contributed by atoms with Crippen LogP contribution in [0.2, 0.25) is 0 Å². The highest BCUT2D eigenvalue weighted by molar-refractivity contribution is 5.87. The van der Waals surface area contributed by atoms with Gasteiger partial charge in [0.2, 0.25) is 0 Å². The lowest BCUT2D eigenvalue weighted by Gasteiger charge is -2.06. The number of hydrogen-bond acceptors (Lipinski definition) is 10. The molecule has 0 heterocycles. The molecule has 0 aliphatic rings. The van der Waals surface area contributed by atoms with Crippen LogP contribution in [0.3, 0.4) is 0 Å². The van der Waals surface area contributed by atoms with Crippen molar-refractivity contribution in [2.45, 2.75) is 27.1 Å². The van der Waals surface area contributed by atoms with Crippen LogP contribution in [0.25, 0.3) is 0 Å². The van der Waals surface area contributed by atoms with Gasteiger partial charge in [0, 0.05) is 23.3 Å². The summed E-state index contributed by atoms with van der Waals surface area (Å²) < 4.78 is 30.0. The molecular formula is C44H48O10. The molecule has 10 nitrogen and oxygen atoms in total. The van der Waals surface area contributed by atoms with E-state index in [1.165, 1.54) is 0 Å². The van der Waals surface area contributed by atoms with Crippen molar-refractivity contribution in [3.63, 3.8) is 0 Å². The van der Waals surface area contributed by atoms with E-state index in [0.717, 1.165) is 34.8 Å². The number of rotatable bonds is 16. The fourth-order valence-electron chi connectivity index (χ4n) is 3.45. The Labute approximate surface area is 317 Å². The van der Waals surface area contributed by atoms with Crippen molar-refractivity contribution < 1.29 is 47.6 Å². The first-order valence-electron chi connectivity index (χ1n) is 16.7. The third-order valence-electron chi connectivity index (χ3n) is 6.13. The minimum absolute atomic E-state index is 0.236. The van der Waals surface area contributed by atoms with Crippen molar-refractivity contribution in [3.05, 3.63) is 182 Å². The van der Waals surface area contributed by atoms with E-state index < -0.39 is 5.97 Å². The summed E-state index contributed by atoms with van der Waals surface area (Å²) in [5.41, 5.74) is 2.79. The third-order valence-corrected chi connectivity index (χ3v) is 6.13. The molecule has 284 valence electrons. The molecule has 0 bridgehead atoms. The van der Waals surface area contributed by atoms with Crippen LogP contribution >= 0.6 is 0 Å². The molecular weight excluding hydrogens is 688 g/mol. The lowest BCUT2D eigenvalue weighted by Crippen LogP contribution is -2.12. The van der Waals surface area contributed by atoms with Crippen molar-refractivity contribution in [2.24, 2.45) is 0 Å². The number of carbonyl (C=O) groups is 4. The Morgan fingerprint density at radius 1 is 0.463 bits per heavy atom. The highest BCUT2D eigenvalue weighted by Gasteiger charge is 2.03. The second kappa shape index (κ2) is 29.0. The molecule has 0 aliphatic carbocycles. The molecule has 0 atom stereocenters. The molecule has 0 aliphatic heterocycles. The molecule has 0 amide bonds. The second-order valence-electron chi connectivity index (χ2n) is 10.8. The average Bonchev–Trinajstić information content (AvgIpc) is 3.21. The van der Waals surface area contributed by atoms with Crippen LogP contribution in [0.15, 0.2) is 171 Å². The van der Waals surface area contributed by atoms with Gasteiger partial charge in [-0.25, -0.2) is 19.2 Å². The lowest BCUT2D eigenvalue weighted by atomic mass is 10.2. The fraction of sp³-hybridized carbons (Fsp3) is 0.182. The zero-order valence-electron chi connectivity index (χ0n) is 30.9. The fourth-order valence-corrected chi connectivity index (χ4v) is 3.45. The standard InChI is InChI=1S/C12H14O3.C11H12O3.C11H12O2.C10H10O2/c1-10(2)12(13)15-9-8-14-11-6-4-3-5-7-11;1-2-11(12)14-9-8-13-10-6-4-3-5-7-10;1-9(2)11(12)13-8-10-6-4-3-5-7-10;1-2-10(11)12-8-9-6-4-3-5-7-9/h3-7H,1,8-9H2,2H3;2-7H,1,8-9H2;3-7H,1,8H2,2H3;2-7H,1,8H2. The third kappa shape index (κ3) is 23.7. The van der Waals surface area contributed by atoms with Gasteiger partial charge >= 0.3 is 23.9 Å². The summed E-state index contributed by atoms with van der Waals surface area (Å²) in [5.74, 6) is -0.0120. The van der Waals surface area contributed by atoms with Gasteiger partial charge in [-0.05, 0) is 49.2 Å². The summed E-state index contributed by atoms with van der Waals surface area (Å²) in [6.07, 6.45) is 2.28. The normalized spacial score (nSPS) is 9.22. The van der Waals surface area contributed by atoms with Gasteiger partial charge in [0.25, 0.3) is 0 Å². The summed E-state index contributed by atoms with van der Waals surface area (Å²) in [6.45, 7) is 18.6. The van der Waals surface area contributed by atoms with E-state index in [-0.39, 0.29) is 31.1 Å². The van der Waals surface area contributed by atoms with Crippen LogP contribution in [0.1, 0.15) is 25.0 Å². The Morgan fingerprint density at radius 2 is 0.796 bits per heavy atom. The summed E-state index contributed by atoms with van der Waals surface area (Å²) in [4.78, 5) is 43.2. The van der Waals surface area contributed by atoms with E-state index >= 15 is 0 Å². The van der Waals surface area contributed by atoms with Crippen molar-refractivity contribution in [1.29, 1.82) is 0 Å². The number of esters is 4. The summed E-state index contributed by atoms with van der Waals surface area (Å²) in [5, 5.41) is 0. The topological polar surface area (TPSA) is 124 Å². The van der Waals surface area contributed by atoms with Gasteiger partial charge < -0.3 is 28.4 Å². The predicted molar refractivity (Wildman–Crippen MR) is 208 cm³/mol. The molecule has 0 saturated heterocycles. The van der Waals surface area contributed by atoms with Gasteiger partial charge in [0.05, 0.1) is 0 Å². The number of ether oxygens (including phenoxy) is 6. The molecule has 0 aromatic heterocycles. The Balaban J connectivity index is 0.000000361. The zero-order valence-corrected chi connectivity index (χ0v) is 30.9. The van der Waals surface area contributed by atoms with Crippen molar-refractivity contribution in [2.75, 3.05) is 26.4 Å². The summed E-state index contributed by atoms with van der Waals surface area (Å²) >= 11 is 0. The highest BCUT2D eigenvalue weighted by atomic mass is 16.6. The molecule has 0 fully saturated rings. The first-order chi connectivity index (χ1) is 26.0. The van der Waals surface area contributed by atoms with E-state index in [9.17, 15) is 19.2 Å². The maximum absolute atomic E-state index is 11.0.